The Kier molecular flexibility index (Phi) is 6.40. The second-order valence-corrected chi connectivity index (χ2v) is 7.44. The van der Waals surface area contributed by atoms with Gasteiger partial charge in [-0.05, 0) is 38.0 Å². The van der Waals surface area contributed by atoms with E-state index in [1.54, 1.807) is 11.8 Å². The Balaban J connectivity index is 1.46. The quantitative estimate of drug-likeness (QED) is 0.638. The van der Waals surface area contributed by atoms with Crippen LogP contribution in [0.1, 0.15) is 35.9 Å². The van der Waals surface area contributed by atoms with Crippen LogP contribution in [-0.4, -0.2) is 42.6 Å². The van der Waals surface area contributed by atoms with Crippen molar-refractivity contribution in [3.05, 3.63) is 65.9 Å². The number of benzene rings is 2. The van der Waals surface area contributed by atoms with Gasteiger partial charge in [-0.15, -0.1) is 0 Å². The van der Waals surface area contributed by atoms with Crippen LogP contribution in [0.25, 0.3) is 11.0 Å². The zero-order chi connectivity index (χ0) is 21.6. The Morgan fingerprint density at radius 1 is 1.06 bits per heavy atom. The summed E-state index contributed by atoms with van der Waals surface area (Å²) in [6, 6.07) is 17.0. The van der Waals surface area contributed by atoms with E-state index in [2.05, 4.69) is 5.32 Å². The summed E-state index contributed by atoms with van der Waals surface area (Å²) in [5.41, 5.74) is 1.37. The van der Waals surface area contributed by atoms with Gasteiger partial charge < -0.3 is 24.1 Å². The maximum absolute atomic E-state index is 13.1. The Labute approximate surface area is 180 Å². The number of piperidine rings is 1. The lowest BCUT2D eigenvalue weighted by atomic mass is 10.0. The van der Waals surface area contributed by atoms with Crippen molar-refractivity contribution in [1.29, 1.82) is 0 Å². The molecule has 1 saturated heterocycles. The lowest BCUT2D eigenvalue weighted by Gasteiger charge is -2.31. The van der Waals surface area contributed by atoms with E-state index < -0.39 is 0 Å². The van der Waals surface area contributed by atoms with Gasteiger partial charge in [-0.2, -0.15) is 0 Å². The van der Waals surface area contributed by atoms with E-state index in [9.17, 15) is 9.59 Å². The highest BCUT2D eigenvalue weighted by Gasteiger charge is 2.27. The number of carbonyl (C=O) groups excluding carboxylic acids is 2. The molecule has 3 aromatic rings. The van der Waals surface area contributed by atoms with Gasteiger partial charge in [0.2, 0.25) is 0 Å². The maximum Gasteiger partial charge on any atom is 0.409 e. The van der Waals surface area contributed by atoms with Gasteiger partial charge in [-0.25, -0.2) is 4.79 Å². The molecule has 0 spiro atoms. The number of para-hydroxylation sites is 2. The van der Waals surface area contributed by atoms with E-state index in [1.165, 1.54) is 0 Å². The molecule has 0 unspecified atom stereocenters. The molecule has 162 valence electrons. The fourth-order valence-corrected chi connectivity index (χ4v) is 3.77. The van der Waals surface area contributed by atoms with Crippen LogP contribution in [0, 0.1) is 0 Å². The minimum Gasteiger partial charge on any atom is -0.489 e. The lowest BCUT2D eigenvalue weighted by molar-refractivity contribution is 0.0839. The van der Waals surface area contributed by atoms with Crippen LogP contribution in [0.15, 0.2) is 59.0 Å². The Hall–Kier alpha value is -3.48. The average molecular weight is 422 g/mol. The molecular weight excluding hydrogens is 396 g/mol. The van der Waals surface area contributed by atoms with Crippen molar-refractivity contribution in [3.63, 3.8) is 0 Å². The minimum atomic E-state index is -0.301. The van der Waals surface area contributed by atoms with Gasteiger partial charge in [-0.3, -0.25) is 4.79 Å². The Morgan fingerprint density at radius 3 is 2.52 bits per heavy atom. The van der Waals surface area contributed by atoms with E-state index in [4.69, 9.17) is 13.9 Å². The first-order valence-electron chi connectivity index (χ1n) is 10.6. The number of amides is 2. The van der Waals surface area contributed by atoms with Crippen LogP contribution in [0.4, 0.5) is 4.79 Å². The molecule has 2 amide bonds. The second kappa shape index (κ2) is 9.55. The van der Waals surface area contributed by atoms with Crippen molar-refractivity contribution >= 4 is 23.0 Å². The summed E-state index contributed by atoms with van der Waals surface area (Å²) < 4.78 is 16.9. The summed E-state index contributed by atoms with van der Waals surface area (Å²) in [5.74, 6) is 0.730. The molecule has 1 aliphatic rings. The number of hydrogen-bond acceptors (Lipinski definition) is 5. The zero-order valence-corrected chi connectivity index (χ0v) is 17.5. The minimum absolute atomic E-state index is 0.0331. The van der Waals surface area contributed by atoms with Crippen LogP contribution >= 0.6 is 0 Å². The van der Waals surface area contributed by atoms with E-state index in [-0.39, 0.29) is 30.4 Å². The fourth-order valence-electron chi connectivity index (χ4n) is 3.77. The third kappa shape index (κ3) is 4.82. The zero-order valence-electron chi connectivity index (χ0n) is 17.5. The molecule has 7 heteroatoms. The van der Waals surface area contributed by atoms with Crippen LogP contribution in [0.2, 0.25) is 0 Å². The molecule has 0 aliphatic carbocycles. The van der Waals surface area contributed by atoms with Gasteiger partial charge in [0.1, 0.15) is 17.9 Å². The van der Waals surface area contributed by atoms with Crippen molar-refractivity contribution in [2.45, 2.75) is 32.4 Å². The van der Waals surface area contributed by atoms with Crippen molar-refractivity contribution in [2.24, 2.45) is 0 Å². The third-order valence-corrected chi connectivity index (χ3v) is 5.39. The number of rotatable bonds is 6. The number of nitrogens with zero attached hydrogens (tertiary/aromatic N) is 1. The molecule has 0 bridgehead atoms. The first-order chi connectivity index (χ1) is 15.2. The number of hydrogen-bond donors (Lipinski definition) is 1. The summed E-state index contributed by atoms with van der Waals surface area (Å²) in [7, 11) is 0. The highest BCUT2D eigenvalue weighted by Crippen LogP contribution is 2.27. The van der Waals surface area contributed by atoms with Gasteiger partial charge in [-0.1, -0.05) is 36.4 Å². The molecule has 0 saturated carbocycles. The number of furan rings is 1. The number of nitrogens with one attached hydrogen (secondary N) is 1. The van der Waals surface area contributed by atoms with Crippen molar-refractivity contribution in [3.8, 4) is 5.75 Å². The maximum atomic E-state index is 13.1. The topological polar surface area (TPSA) is 81.0 Å². The summed E-state index contributed by atoms with van der Waals surface area (Å²) >= 11 is 0. The molecular formula is C24H26N2O5. The number of carbonyl (C=O) groups is 2. The van der Waals surface area contributed by atoms with Crippen molar-refractivity contribution < 1.29 is 23.5 Å². The summed E-state index contributed by atoms with van der Waals surface area (Å²) in [6.07, 6.45) is 1.03. The molecule has 0 radical (unpaired) electrons. The molecule has 1 N–H and O–H groups in total. The van der Waals surface area contributed by atoms with Gasteiger partial charge >= 0.3 is 6.09 Å². The molecule has 4 rings (SSSR count). The average Bonchev–Trinajstić information content (AvgIpc) is 3.18. The molecule has 1 aliphatic heterocycles. The molecule has 2 heterocycles. The van der Waals surface area contributed by atoms with E-state index in [0.29, 0.717) is 38.1 Å². The molecule has 2 aromatic carbocycles. The molecule has 7 nitrogen and oxygen atoms in total. The van der Waals surface area contributed by atoms with Crippen LogP contribution < -0.4 is 10.1 Å². The van der Waals surface area contributed by atoms with Crippen molar-refractivity contribution in [2.75, 3.05) is 19.7 Å². The molecule has 1 aromatic heterocycles. The first kappa shape index (κ1) is 20.8. The summed E-state index contributed by atoms with van der Waals surface area (Å²) in [4.78, 5) is 26.6. The molecule has 0 atom stereocenters. The third-order valence-electron chi connectivity index (χ3n) is 5.39. The molecule has 31 heavy (non-hydrogen) atoms. The molecule has 1 fully saturated rings. The number of fused-ring (bicyclic) bond motifs is 1. The SMILES string of the molecule is CCOC(=O)N1CCC(NC(=O)c2oc3ccccc3c2COc2ccccc2)CC1. The largest absolute Gasteiger partial charge is 0.489 e. The van der Waals surface area contributed by atoms with Gasteiger partial charge in [0.25, 0.3) is 5.91 Å². The number of ether oxygens (including phenoxy) is 2. The van der Waals surface area contributed by atoms with E-state index in [0.717, 1.165) is 16.7 Å². The van der Waals surface area contributed by atoms with Crippen molar-refractivity contribution in [1.82, 2.24) is 10.2 Å². The summed E-state index contributed by atoms with van der Waals surface area (Å²) in [6.45, 7) is 3.47. The van der Waals surface area contributed by atoms with Gasteiger partial charge in [0.15, 0.2) is 5.76 Å². The van der Waals surface area contributed by atoms with Gasteiger partial charge in [0, 0.05) is 30.1 Å². The smallest absolute Gasteiger partial charge is 0.409 e. The Morgan fingerprint density at radius 2 is 1.77 bits per heavy atom. The fraction of sp³-hybridized carbons (Fsp3) is 0.333. The highest BCUT2D eigenvalue weighted by atomic mass is 16.6. The predicted octanol–water partition coefficient (Wildman–Crippen LogP) is 4.36. The second-order valence-electron chi connectivity index (χ2n) is 7.44. The van der Waals surface area contributed by atoms with Crippen LogP contribution in [0.5, 0.6) is 5.75 Å². The first-order valence-corrected chi connectivity index (χ1v) is 10.6. The van der Waals surface area contributed by atoms with Gasteiger partial charge in [0.05, 0.1) is 6.61 Å². The highest BCUT2D eigenvalue weighted by molar-refractivity contribution is 5.99. The Bertz CT molecular complexity index is 1040. The van der Waals surface area contributed by atoms with E-state index >= 15 is 0 Å². The monoisotopic (exact) mass is 422 g/mol. The normalized spacial score (nSPS) is 14.4. The summed E-state index contributed by atoms with van der Waals surface area (Å²) in [5, 5.41) is 3.92. The van der Waals surface area contributed by atoms with Crippen LogP contribution in [-0.2, 0) is 11.3 Å². The predicted molar refractivity (Wildman–Crippen MR) is 116 cm³/mol. The lowest BCUT2D eigenvalue weighted by Crippen LogP contribution is -2.46. The van der Waals surface area contributed by atoms with Crippen LogP contribution in [0.3, 0.4) is 0 Å². The standard InChI is InChI=1S/C24H26N2O5/c1-2-29-24(28)26-14-12-17(13-15-26)25-23(27)22-20(16-30-18-8-4-3-5-9-18)19-10-6-7-11-21(19)31-22/h3-11,17H,2,12-16H2,1H3,(H,25,27). The van der Waals surface area contributed by atoms with E-state index in [1.807, 2.05) is 54.6 Å². The number of likely N-dealkylation sites (tertiary alicyclic amines) is 1.